The first kappa shape index (κ1) is 13.3. The maximum atomic E-state index is 11.7. The van der Waals surface area contributed by atoms with Gasteiger partial charge in [-0.25, -0.2) is 0 Å². The van der Waals surface area contributed by atoms with Crippen LogP contribution >= 0.6 is 11.8 Å². The molecule has 0 aliphatic heterocycles. The van der Waals surface area contributed by atoms with Crippen LogP contribution in [-0.4, -0.2) is 17.3 Å². The summed E-state index contributed by atoms with van der Waals surface area (Å²) >= 11 is 1.74. The molecular formula is C14H20OS. The van der Waals surface area contributed by atoms with Crippen LogP contribution in [0.4, 0.5) is 0 Å². The lowest BCUT2D eigenvalue weighted by molar-refractivity contribution is -0.116. The molecule has 0 saturated heterocycles. The second-order valence-electron chi connectivity index (χ2n) is 4.20. The predicted octanol–water partition coefficient (Wildman–Crippen LogP) is 3.56. The fourth-order valence-electron chi connectivity index (χ4n) is 1.58. The molecule has 0 aliphatic rings. The number of Topliss-reactive ketones (excluding diaryl/α,β-unsaturated/α-hetero) is 1. The Labute approximate surface area is 103 Å². The van der Waals surface area contributed by atoms with Gasteiger partial charge in [-0.1, -0.05) is 30.7 Å². The van der Waals surface area contributed by atoms with E-state index in [1.807, 2.05) is 0 Å². The zero-order valence-corrected chi connectivity index (χ0v) is 11.2. The Kier molecular flexibility index (Phi) is 5.61. The van der Waals surface area contributed by atoms with Gasteiger partial charge in [0.2, 0.25) is 0 Å². The average molecular weight is 236 g/mol. The minimum Gasteiger partial charge on any atom is -0.298 e. The third-order valence-electron chi connectivity index (χ3n) is 2.50. The largest absolute Gasteiger partial charge is 0.298 e. The summed E-state index contributed by atoms with van der Waals surface area (Å²) in [6.45, 7) is 6.28. The van der Waals surface area contributed by atoms with E-state index in [0.717, 1.165) is 12.2 Å². The van der Waals surface area contributed by atoms with Crippen molar-refractivity contribution in [1.29, 1.82) is 0 Å². The lowest BCUT2D eigenvalue weighted by atomic mass is 10.0. The molecule has 16 heavy (non-hydrogen) atoms. The first-order valence-corrected chi connectivity index (χ1v) is 6.94. The van der Waals surface area contributed by atoms with Crippen molar-refractivity contribution < 1.29 is 4.79 Å². The van der Waals surface area contributed by atoms with E-state index in [0.29, 0.717) is 18.0 Å². The summed E-state index contributed by atoms with van der Waals surface area (Å²) in [5, 5.41) is 0. The molecule has 0 unspecified atom stereocenters. The molecule has 1 aromatic carbocycles. The van der Waals surface area contributed by atoms with E-state index in [2.05, 4.69) is 39.0 Å². The first-order chi connectivity index (χ1) is 7.63. The van der Waals surface area contributed by atoms with Crippen LogP contribution in [0.25, 0.3) is 0 Å². The summed E-state index contributed by atoms with van der Waals surface area (Å²) in [4.78, 5) is 11.7. The van der Waals surface area contributed by atoms with E-state index < -0.39 is 0 Å². The zero-order chi connectivity index (χ0) is 12.0. The molecule has 0 bridgehead atoms. The fraction of sp³-hybridized carbons (Fsp3) is 0.500. The van der Waals surface area contributed by atoms with Gasteiger partial charge in [0.05, 0.1) is 5.75 Å². The van der Waals surface area contributed by atoms with E-state index in [-0.39, 0.29) is 0 Å². The summed E-state index contributed by atoms with van der Waals surface area (Å²) in [5.74, 6) is 2.08. The number of carbonyl (C=O) groups excluding carboxylic acids is 1. The van der Waals surface area contributed by atoms with Gasteiger partial charge in [0, 0.05) is 6.42 Å². The first-order valence-electron chi connectivity index (χ1n) is 5.79. The Morgan fingerprint density at radius 3 is 2.75 bits per heavy atom. The molecule has 0 N–H and O–H groups in total. The standard InChI is InChI=1S/C14H20OS/c1-4-7-16-10-14(15)9-13-8-11(2)5-6-12(13)3/h5-6,8H,4,7,9-10H2,1-3H3. The van der Waals surface area contributed by atoms with Crippen molar-refractivity contribution in [3.8, 4) is 0 Å². The van der Waals surface area contributed by atoms with Crippen LogP contribution in [0.1, 0.15) is 30.0 Å². The molecule has 0 fully saturated rings. The van der Waals surface area contributed by atoms with Crippen molar-refractivity contribution in [2.45, 2.75) is 33.6 Å². The molecule has 0 aliphatic carbocycles. The Bertz CT molecular complexity index is 358. The minimum atomic E-state index is 0.340. The van der Waals surface area contributed by atoms with Crippen LogP contribution in [0.15, 0.2) is 18.2 Å². The van der Waals surface area contributed by atoms with Gasteiger partial charge in [-0.15, -0.1) is 0 Å². The smallest absolute Gasteiger partial charge is 0.147 e. The molecule has 0 atom stereocenters. The number of aryl methyl sites for hydroxylation is 2. The molecule has 0 aromatic heterocycles. The van der Waals surface area contributed by atoms with Gasteiger partial charge in [-0.3, -0.25) is 4.79 Å². The van der Waals surface area contributed by atoms with E-state index in [4.69, 9.17) is 0 Å². The lowest BCUT2D eigenvalue weighted by Gasteiger charge is -2.06. The van der Waals surface area contributed by atoms with Gasteiger partial charge in [0.1, 0.15) is 5.78 Å². The minimum absolute atomic E-state index is 0.340. The highest BCUT2D eigenvalue weighted by Gasteiger charge is 2.06. The summed E-state index contributed by atoms with van der Waals surface area (Å²) in [7, 11) is 0. The van der Waals surface area contributed by atoms with E-state index in [9.17, 15) is 4.79 Å². The zero-order valence-electron chi connectivity index (χ0n) is 10.4. The Morgan fingerprint density at radius 2 is 2.06 bits per heavy atom. The Balaban J connectivity index is 2.52. The lowest BCUT2D eigenvalue weighted by Crippen LogP contribution is -2.07. The van der Waals surface area contributed by atoms with Crippen LogP contribution in [0, 0.1) is 13.8 Å². The number of thioether (sulfide) groups is 1. The van der Waals surface area contributed by atoms with Crippen molar-refractivity contribution >= 4 is 17.5 Å². The number of rotatable bonds is 6. The van der Waals surface area contributed by atoms with Gasteiger partial charge in [-0.2, -0.15) is 11.8 Å². The molecule has 2 heteroatoms. The topological polar surface area (TPSA) is 17.1 Å². The van der Waals surface area contributed by atoms with Crippen LogP contribution < -0.4 is 0 Å². The fourth-order valence-corrected chi connectivity index (χ4v) is 2.35. The molecular weight excluding hydrogens is 216 g/mol. The molecule has 1 rings (SSSR count). The molecule has 0 amide bonds. The van der Waals surface area contributed by atoms with Crippen LogP contribution in [0.5, 0.6) is 0 Å². The van der Waals surface area contributed by atoms with Gasteiger partial charge >= 0.3 is 0 Å². The van der Waals surface area contributed by atoms with E-state index in [1.54, 1.807) is 11.8 Å². The molecule has 0 heterocycles. The van der Waals surface area contributed by atoms with Crippen LogP contribution in [0.3, 0.4) is 0 Å². The second-order valence-corrected chi connectivity index (χ2v) is 5.30. The molecule has 0 spiro atoms. The van der Waals surface area contributed by atoms with Gasteiger partial charge < -0.3 is 0 Å². The van der Waals surface area contributed by atoms with E-state index >= 15 is 0 Å². The third-order valence-corrected chi connectivity index (χ3v) is 3.73. The summed E-state index contributed by atoms with van der Waals surface area (Å²) in [5.41, 5.74) is 3.64. The number of hydrogen-bond acceptors (Lipinski definition) is 2. The quantitative estimate of drug-likeness (QED) is 0.703. The van der Waals surface area contributed by atoms with Gasteiger partial charge in [0.15, 0.2) is 0 Å². The Hall–Kier alpha value is -0.760. The maximum absolute atomic E-state index is 11.7. The normalized spacial score (nSPS) is 10.4. The van der Waals surface area contributed by atoms with Crippen molar-refractivity contribution in [1.82, 2.24) is 0 Å². The van der Waals surface area contributed by atoms with Crippen LogP contribution in [-0.2, 0) is 11.2 Å². The number of hydrogen-bond donors (Lipinski definition) is 0. The second kappa shape index (κ2) is 6.74. The van der Waals surface area contributed by atoms with Gasteiger partial charge in [0.25, 0.3) is 0 Å². The Morgan fingerprint density at radius 1 is 1.31 bits per heavy atom. The highest BCUT2D eigenvalue weighted by molar-refractivity contribution is 7.99. The van der Waals surface area contributed by atoms with Crippen LogP contribution in [0.2, 0.25) is 0 Å². The van der Waals surface area contributed by atoms with Crippen molar-refractivity contribution in [3.05, 3.63) is 34.9 Å². The predicted molar refractivity (Wildman–Crippen MR) is 72.2 cm³/mol. The van der Waals surface area contributed by atoms with Crippen molar-refractivity contribution in [2.24, 2.45) is 0 Å². The van der Waals surface area contributed by atoms with Crippen molar-refractivity contribution in [3.63, 3.8) is 0 Å². The average Bonchev–Trinajstić information content (AvgIpc) is 2.24. The maximum Gasteiger partial charge on any atom is 0.147 e. The summed E-state index contributed by atoms with van der Waals surface area (Å²) in [6.07, 6.45) is 1.73. The highest BCUT2D eigenvalue weighted by atomic mass is 32.2. The van der Waals surface area contributed by atoms with Gasteiger partial charge in [-0.05, 0) is 37.1 Å². The summed E-state index contributed by atoms with van der Waals surface area (Å²) < 4.78 is 0. The highest BCUT2D eigenvalue weighted by Crippen LogP contribution is 2.13. The molecule has 1 nitrogen and oxygen atoms in total. The third kappa shape index (κ3) is 4.40. The van der Waals surface area contributed by atoms with E-state index in [1.165, 1.54) is 16.7 Å². The monoisotopic (exact) mass is 236 g/mol. The number of benzene rings is 1. The molecule has 88 valence electrons. The molecule has 0 saturated carbocycles. The SMILES string of the molecule is CCCSCC(=O)Cc1cc(C)ccc1C. The summed E-state index contributed by atoms with van der Waals surface area (Å²) in [6, 6.07) is 6.31. The number of ketones is 1. The number of carbonyl (C=O) groups is 1. The van der Waals surface area contributed by atoms with Crippen molar-refractivity contribution in [2.75, 3.05) is 11.5 Å². The molecule has 1 aromatic rings. The molecule has 0 radical (unpaired) electrons.